The van der Waals surface area contributed by atoms with Gasteiger partial charge in [-0.1, -0.05) is 26.2 Å². The smallest absolute Gasteiger partial charge is 0.335 e. The van der Waals surface area contributed by atoms with Gasteiger partial charge in [0, 0.05) is 24.1 Å². The predicted molar refractivity (Wildman–Crippen MR) is 114 cm³/mol. The normalized spacial score (nSPS) is 27.5. The molecule has 1 saturated heterocycles. The molecule has 3 fully saturated rings. The number of ketones is 1. The van der Waals surface area contributed by atoms with Crippen LogP contribution in [0.1, 0.15) is 71.1 Å². The minimum absolute atomic E-state index is 0.00706. The zero-order valence-electron chi connectivity index (χ0n) is 17.5. The van der Waals surface area contributed by atoms with Crippen molar-refractivity contribution in [2.45, 2.75) is 88.5 Å². The lowest BCUT2D eigenvalue weighted by molar-refractivity contribution is -0.137. The third-order valence-electron chi connectivity index (χ3n) is 6.47. The number of fused-ring (bicyclic) bond motifs is 1. The van der Waals surface area contributed by atoms with E-state index in [0.717, 1.165) is 57.2 Å². The number of thioether (sulfide) groups is 1. The van der Waals surface area contributed by atoms with Crippen LogP contribution < -0.4 is 5.43 Å². The number of nitrogens with zero attached hydrogens (tertiary/aromatic N) is 2. The van der Waals surface area contributed by atoms with Crippen molar-refractivity contribution >= 4 is 29.5 Å². The molecule has 0 aromatic rings. The topological polar surface area (TPSA) is 90.0 Å². The summed E-state index contributed by atoms with van der Waals surface area (Å²) in [5.41, 5.74) is 3.20. The number of nitrogens with one attached hydrogen (secondary N) is 1. The zero-order valence-corrected chi connectivity index (χ0v) is 18.3. The third kappa shape index (κ3) is 5.66. The van der Waals surface area contributed by atoms with Crippen molar-refractivity contribution in [1.82, 2.24) is 15.3 Å². The van der Waals surface area contributed by atoms with E-state index in [1.807, 2.05) is 16.7 Å². The largest absolute Gasteiger partial charge is 0.481 e. The molecule has 3 atom stereocenters. The Morgan fingerprint density at radius 2 is 1.90 bits per heavy atom. The van der Waals surface area contributed by atoms with Crippen LogP contribution in [0.4, 0.5) is 4.79 Å². The van der Waals surface area contributed by atoms with Gasteiger partial charge in [0.25, 0.3) is 0 Å². The molecular weight excluding hydrogens is 390 g/mol. The van der Waals surface area contributed by atoms with Gasteiger partial charge in [-0.3, -0.25) is 14.6 Å². The van der Waals surface area contributed by atoms with E-state index < -0.39 is 5.97 Å². The van der Waals surface area contributed by atoms with Crippen molar-refractivity contribution in [3.8, 4) is 0 Å². The summed E-state index contributed by atoms with van der Waals surface area (Å²) < 4.78 is 0. The third-order valence-corrected chi connectivity index (χ3v) is 7.85. The molecule has 0 spiro atoms. The number of carboxylic acids is 1. The molecule has 0 aromatic heterocycles. The number of carbonyl (C=O) groups is 3. The molecule has 3 aliphatic rings. The minimum Gasteiger partial charge on any atom is -0.481 e. The van der Waals surface area contributed by atoms with E-state index in [1.54, 1.807) is 5.01 Å². The van der Waals surface area contributed by atoms with Crippen LogP contribution in [0.25, 0.3) is 0 Å². The standard InChI is InChI=1S/C21H35N3O4S/c1-2-10-23-17-12-16(29-11-6-9-20(26)27)13-18(17)24(21(23)28)22-14-19(25)15-7-4-3-5-8-15/h15-18,22H,2-14H2,1H3,(H,26,27). The highest BCUT2D eigenvalue weighted by atomic mass is 32.2. The molecular formula is C21H35N3O4S. The van der Waals surface area contributed by atoms with Gasteiger partial charge in [-0.2, -0.15) is 11.8 Å². The molecule has 7 nitrogen and oxygen atoms in total. The highest BCUT2D eigenvalue weighted by Gasteiger charge is 2.51. The molecule has 0 radical (unpaired) electrons. The Morgan fingerprint density at radius 1 is 1.17 bits per heavy atom. The number of carbonyl (C=O) groups excluding carboxylic acids is 2. The van der Waals surface area contributed by atoms with E-state index in [2.05, 4.69) is 12.3 Å². The maximum atomic E-state index is 12.9. The van der Waals surface area contributed by atoms with Crippen LogP contribution in [0, 0.1) is 5.92 Å². The summed E-state index contributed by atoms with van der Waals surface area (Å²) in [7, 11) is 0. The van der Waals surface area contributed by atoms with Crippen molar-refractivity contribution in [3.63, 3.8) is 0 Å². The number of hydrazine groups is 1. The highest BCUT2D eigenvalue weighted by Crippen LogP contribution is 2.40. The van der Waals surface area contributed by atoms with Gasteiger partial charge >= 0.3 is 12.0 Å². The fourth-order valence-electron chi connectivity index (χ4n) is 5.01. The number of rotatable bonds is 11. The van der Waals surface area contributed by atoms with Gasteiger partial charge in [0.1, 0.15) is 0 Å². The Kier molecular flexibility index (Phi) is 8.24. The maximum Gasteiger partial charge on any atom is 0.335 e. The number of urea groups is 1. The van der Waals surface area contributed by atoms with Crippen molar-refractivity contribution in [2.24, 2.45) is 5.92 Å². The number of amides is 2. The van der Waals surface area contributed by atoms with Gasteiger partial charge < -0.3 is 10.0 Å². The van der Waals surface area contributed by atoms with Gasteiger partial charge in [0.2, 0.25) is 0 Å². The molecule has 0 bridgehead atoms. The highest BCUT2D eigenvalue weighted by molar-refractivity contribution is 7.99. The predicted octanol–water partition coefficient (Wildman–Crippen LogP) is 3.29. The zero-order chi connectivity index (χ0) is 20.8. The summed E-state index contributed by atoms with van der Waals surface area (Å²) in [5, 5.41) is 11.0. The summed E-state index contributed by atoms with van der Waals surface area (Å²) >= 11 is 1.83. The van der Waals surface area contributed by atoms with Gasteiger partial charge in [-0.15, -0.1) is 0 Å². The second-order valence-corrected chi connectivity index (χ2v) is 9.99. The van der Waals surface area contributed by atoms with E-state index in [-0.39, 0.29) is 42.8 Å². The summed E-state index contributed by atoms with van der Waals surface area (Å²) in [4.78, 5) is 38.2. The molecule has 2 N–H and O–H groups in total. The van der Waals surface area contributed by atoms with Crippen LogP contribution in [0.2, 0.25) is 0 Å². The average Bonchev–Trinajstić information content (AvgIpc) is 3.22. The van der Waals surface area contributed by atoms with Gasteiger partial charge in [-0.25, -0.2) is 10.2 Å². The number of Topliss-reactive ketones (excluding diaryl/α,β-unsaturated/α-hetero) is 1. The van der Waals surface area contributed by atoms with Crippen LogP contribution in [-0.4, -0.2) is 69.0 Å². The minimum atomic E-state index is -0.744. The second-order valence-electron chi connectivity index (χ2n) is 8.58. The number of hydrogen-bond acceptors (Lipinski definition) is 5. The second kappa shape index (κ2) is 10.7. The summed E-state index contributed by atoms with van der Waals surface area (Å²) in [6.07, 6.45) is 9.12. The van der Waals surface area contributed by atoms with Crippen molar-refractivity contribution in [3.05, 3.63) is 0 Å². The van der Waals surface area contributed by atoms with E-state index in [0.29, 0.717) is 11.7 Å². The molecule has 3 unspecified atom stereocenters. The molecule has 8 heteroatoms. The fourth-order valence-corrected chi connectivity index (χ4v) is 6.32. The quantitative estimate of drug-likeness (QED) is 0.494. The van der Waals surface area contributed by atoms with Crippen molar-refractivity contribution in [1.29, 1.82) is 0 Å². The van der Waals surface area contributed by atoms with Crippen molar-refractivity contribution < 1.29 is 19.5 Å². The van der Waals surface area contributed by atoms with Crippen molar-refractivity contribution in [2.75, 3.05) is 18.8 Å². The molecule has 2 saturated carbocycles. The van der Waals surface area contributed by atoms with E-state index in [9.17, 15) is 14.4 Å². The first-order valence-corrected chi connectivity index (χ1v) is 12.3. The Hall–Kier alpha value is -1.28. The average molecular weight is 426 g/mol. The number of hydrogen-bond donors (Lipinski definition) is 2. The van der Waals surface area contributed by atoms with Crippen LogP contribution in [0.15, 0.2) is 0 Å². The molecule has 164 valence electrons. The summed E-state index contributed by atoms with van der Waals surface area (Å²) in [6, 6.07) is 0.300. The lowest BCUT2D eigenvalue weighted by Crippen LogP contribution is -2.48. The first kappa shape index (κ1) is 22.4. The lowest BCUT2D eigenvalue weighted by atomic mass is 9.86. The first-order chi connectivity index (χ1) is 14.0. The molecule has 2 amide bonds. The fraction of sp³-hybridized carbons (Fsp3) is 0.857. The Bertz CT molecular complexity index is 596. The molecule has 1 aliphatic heterocycles. The van der Waals surface area contributed by atoms with E-state index >= 15 is 0 Å². The number of aliphatic carboxylic acids is 1. The maximum absolute atomic E-state index is 12.9. The molecule has 0 aromatic carbocycles. The molecule has 29 heavy (non-hydrogen) atoms. The lowest BCUT2D eigenvalue weighted by Gasteiger charge is -2.26. The van der Waals surface area contributed by atoms with E-state index in [4.69, 9.17) is 5.11 Å². The Labute approximate surface area is 177 Å². The summed E-state index contributed by atoms with van der Waals surface area (Å²) in [6.45, 7) is 3.07. The first-order valence-electron chi connectivity index (χ1n) is 11.2. The van der Waals surface area contributed by atoms with Crippen LogP contribution >= 0.6 is 11.8 Å². The van der Waals surface area contributed by atoms with Gasteiger partial charge in [-0.05, 0) is 44.3 Å². The van der Waals surface area contributed by atoms with Crippen LogP contribution in [0.5, 0.6) is 0 Å². The Balaban J connectivity index is 1.54. The van der Waals surface area contributed by atoms with Gasteiger partial charge in [0.15, 0.2) is 5.78 Å². The molecule has 1 heterocycles. The molecule has 3 rings (SSSR count). The number of carboxylic acid groups (broad SMARTS) is 1. The van der Waals surface area contributed by atoms with E-state index in [1.165, 1.54) is 6.42 Å². The van der Waals surface area contributed by atoms with Crippen LogP contribution in [-0.2, 0) is 9.59 Å². The SMILES string of the molecule is CCCN1C(=O)N(NCC(=O)C2CCCCC2)C2CC(SCCCC(=O)O)CC21. The Morgan fingerprint density at radius 3 is 2.59 bits per heavy atom. The van der Waals surface area contributed by atoms with Crippen LogP contribution in [0.3, 0.4) is 0 Å². The monoisotopic (exact) mass is 425 g/mol. The molecule has 2 aliphatic carbocycles. The summed E-state index contributed by atoms with van der Waals surface area (Å²) in [5.74, 6) is 0.482. The van der Waals surface area contributed by atoms with Gasteiger partial charge in [0.05, 0.1) is 18.6 Å².